The van der Waals surface area contributed by atoms with Crippen LogP contribution in [0.3, 0.4) is 0 Å². The van der Waals surface area contributed by atoms with Crippen LogP contribution >= 0.6 is 0 Å². The van der Waals surface area contributed by atoms with Crippen molar-refractivity contribution >= 4 is 17.4 Å². The molecule has 0 bridgehead atoms. The second kappa shape index (κ2) is 4.76. The summed E-state index contributed by atoms with van der Waals surface area (Å²) in [7, 11) is 0. The Bertz CT molecular complexity index is 609. The highest BCUT2D eigenvalue weighted by Gasteiger charge is 2.40. The first-order valence-corrected chi connectivity index (χ1v) is 6.65. The molecule has 1 aromatic rings. The number of allylic oxidation sites excluding steroid dienone is 2. The van der Waals surface area contributed by atoms with Crippen molar-refractivity contribution in [2.45, 2.75) is 18.4 Å². The molecule has 104 valence electrons. The molecule has 4 N–H and O–H groups in total. The van der Waals surface area contributed by atoms with E-state index in [1.807, 2.05) is 18.2 Å². The smallest absolute Gasteiger partial charge is 0.326 e. The molecule has 5 heteroatoms. The maximum atomic E-state index is 11.7. The number of anilines is 1. The standard InChI is InChI=1S/C15H16N2O3/c16-7-13(18)8-4-5-12-11(6-8)9-2-1-3-10(9)14(17-12)15(19)20/h1-2,4-6,9-10,14,17H,3,7,16H2,(H,19,20). The van der Waals surface area contributed by atoms with Crippen LogP contribution in [0.15, 0.2) is 30.4 Å². The van der Waals surface area contributed by atoms with Crippen LogP contribution in [-0.2, 0) is 4.79 Å². The average Bonchev–Trinajstić information content (AvgIpc) is 2.94. The van der Waals surface area contributed by atoms with Crippen LogP contribution in [0.5, 0.6) is 0 Å². The van der Waals surface area contributed by atoms with Crippen LogP contribution in [0, 0.1) is 5.92 Å². The molecule has 0 amide bonds. The van der Waals surface area contributed by atoms with E-state index in [0.717, 1.165) is 17.7 Å². The van der Waals surface area contributed by atoms with Crippen molar-refractivity contribution in [3.63, 3.8) is 0 Å². The molecule has 3 rings (SSSR count). The van der Waals surface area contributed by atoms with Crippen LogP contribution in [0.1, 0.15) is 28.3 Å². The summed E-state index contributed by atoms with van der Waals surface area (Å²) in [5.41, 5.74) is 7.75. The van der Waals surface area contributed by atoms with Crippen LogP contribution in [-0.4, -0.2) is 29.4 Å². The normalized spacial score (nSPS) is 26.6. The predicted molar refractivity (Wildman–Crippen MR) is 74.9 cm³/mol. The molecule has 0 spiro atoms. The Hall–Kier alpha value is -2.14. The molecule has 1 aromatic carbocycles. The van der Waals surface area contributed by atoms with Gasteiger partial charge >= 0.3 is 5.97 Å². The molecule has 1 aliphatic carbocycles. The molecule has 0 fully saturated rings. The fourth-order valence-corrected chi connectivity index (χ4v) is 3.13. The van der Waals surface area contributed by atoms with Crippen molar-refractivity contribution in [1.82, 2.24) is 0 Å². The fourth-order valence-electron chi connectivity index (χ4n) is 3.13. The number of ketones is 1. The van der Waals surface area contributed by atoms with Crippen LogP contribution < -0.4 is 11.1 Å². The number of nitrogens with two attached hydrogens (primary N) is 1. The first-order chi connectivity index (χ1) is 9.61. The molecular formula is C15H16N2O3. The van der Waals surface area contributed by atoms with Gasteiger partial charge in [0.2, 0.25) is 0 Å². The van der Waals surface area contributed by atoms with Crippen molar-refractivity contribution < 1.29 is 14.7 Å². The van der Waals surface area contributed by atoms with Crippen molar-refractivity contribution in [3.8, 4) is 0 Å². The number of carboxylic acids is 1. The van der Waals surface area contributed by atoms with Gasteiger partial charge < -0.3 is 16.2 Å². The average molecular weight is 272 g/mol. The second-order valence-corrected chi connectivity index (χ2v) is 5.24. The largest absolute Gasteiger partial charge is 0.480 e. The lowest BCUT2D eigenvalue weighted by Crippen LogP contribution is -2.41. The topological polar surface area (TPSA) is 92.4 Å². The fraction of sp³-hybridized carbons (Fsp3) is 0.333. The van der Waals surface area contributed by atoms with E-state index < -0.39 is 12.0 Å². The minimum absolute atomic E-state index is 0.00299. The van der Waals surface area contributed by atoms with Gasteiger partial charge in [0, 0.05) is 23.1 Å². The van der Waals surface area contributed by atoms with Crippen molar-refractivity contribution in [2.24, 2.45) is 11.7 Å². The van der Waals surface area contributed by atoms with Gasteiger partial charge in [0.1, 0.15) is 6.04 Å². The number of hydrogen-bond donors (Lipinski definition) is 3. The van der Waals surface area contributed by atoms with Crippen LogP contribution in [0.25, 0.3) is 0 Å². The number of carboxylic acid groups (broad SMARTS) is 1. The zero-order valence-corrected chi connectivity index (χ0v) is 10.9. The second-order valence-electron chi connectivity index (χ2n) is 5.24. The number of nitrogens with one attached hydrogen (secondary N) is 1. The van der Waals surface area contributed by atoms with E-state index in [4.69, 9.17) is 5.73 Å². The summed E-state index contributed by atoms with van der Waals surface area (Å²) in [6.07, 6.45) is 4.79. The van der Waals surface area contributed by atoms with E-state index in [0.29, 0.717) is 5.56 Å². The third-order valence-electron chi connectivity index (χ3n) is 4.14. The van der Waals surface area contributed by atoms with Crippen molar-refractivity contribution in [2.75, 3.05) is 11.9 Å². The van der Waals surface area contributed by atoms with Gasteiger partial charge in [-0.25, -0.2) is 4.79 Å². The lowest BCUT2D eigenvalue weighted by atomic mass is 9.79. The van der Waals surface area contributed by atoms with Gasteiger partial charge in [0.15, 0.2) is 5.78 Å². The summed E-state index contributed by atoms with van der Waals surface area (Å²) in [6, 6.07) is 4.72. The quantitative estimate of drug-likeness (QED) is 0.571. The summed E-state index contributed by atoms with van der Waals surface area (Å²) in [5, 5.41) is 12.4. The van der Waals surface area contributed by atoms with E-state index in [1.165, 1.54) is 0 Å². The van der Waals surface area contributed by atoms with E-state index >= 15 is 0 Å². The Kier molecular flexibility index (Phi) is 3.06. The SMILES string of the molecule is NCC(=O)c1ccc2c(c1)C1C=CCC1C(C(=O)O)N2. The summed E-state index contributed by atoms with van der Waals surface area (Å²) >= 11 is 0. The Morgan fingerprint density at radius 2 is 2.20 bits per heavy atom. The maximum Gasteiger partial charge on any atom is 0.326 e. The minimum Gasteiger partial charge on any atom is -0.480 e. The zero-order valence-electron chi connectivity index (χ0n) is 10.9. The van der Waals surface area contributed by atoms with E-state index in [1.54, 1.807) is 12.1 Å². The summed E-state index contributed by atoms with van der Waals surface area (Å²) in [6.45, 7) is -0.0199. The molecule has 0 radical (unpaired) electrons. The number of Topliss-reactive ketones (excluding diaryl/α,β-unsaturated/α-hetero) is 1. The highest BCUT2D eigenvalue weighted by Crippen LogP contribution is 2.44. The number of benzene rings is 1. The van der Waals surface area contributed by atoms with Gasteiger partial charge in [-0.3, -0.25) is 4.79 Å². The number of carbonyl (C=O) groups excluding carboxylic acids is 1. The van der Waals surface area contributed by atoms with Gasteiger partial charge in [0.05, 0.1) is 6.54 Å². The minimum atomic E-state index is -0.837. The predicted octanol–water partition coefficient (Wildman–Crippen LogP) is 1.37. The number of hydrogen-bond acceptors (Lipinski definition) is 4. The first kappa shape index (κ1) is 12.9. The molecule has 2 aliphatic rings. The third kappa shape index (κ3) is 1.91. The number of rotatable bonds is 3. The number of carbonyl (C=O) groups is 2. The van der Waals surface area contributed by atoms with Gasteiger partial charge in [-0.2, -0.15) is 0 Å². The first-order valence-electron chi connectivity index (χ1n) is 6.65. The molecule has 3 atom stereocenters. The summed E-state index contributed by atoms with van der Waals surface area (Å²) < 4.78 is 0. The monoisotopic (exact) mass is 272 g/mol. The Morgan fingerprint density at radius 1 is 1.40 bits per heavy atom. The number of aliphatic carboxylic acids is 1. The lowest BCUT2D eigenvalue weighted by Gasteiger charge is -2.34. The number of fused-ring (bicyclic) bond motifs is 3. The van der Waals surface area contributed by atoms with Gasteiger partial charge in [-0.05, 0) is 30.2 Å². The molecule has 5 nitrogen and oxygen atoms in total. The lowest BCUT2D eigenvalue weighted by molar-refractivity contribution is -0.139. The highest BCUT2D eigenvalue weighted by atomic mass is 16.4. The van der Waals surface area contributed by atoms with E-state index in [-0.39, 0.29) is 24.2 Å². The van der Waals surface area contributed by atoms with Gasteiger partial charge in [-0.1, -0.05) is 12.2 Å². The van der Waals surface area contributed by atoms with E-state index in [2.05, 4.69) is 5.32 Å². The molecule has 1 aliphatic heterocycles. The molecule has 3 unspecified atom stereocenters. The van der Waals surface area contributed by atoms with Gasteiger partial charge in [-0.15, -0.1) is 0 Å². The van der Waals surface area contributed by atoms with Crippen LogP contribution in [0.2, 0.25) is 0 Å². The van der Waals surface area contributed by atoms with Crippen LogP contribution in [0.4, 0.5) is 5.69 Å². The van der Waals surface area contributed by atoms with Gasteiger partial charge in [0.25, 0.3) is 0 Å². The molecule has 20 heavy (non-hydrogen) atoms. The molecule has 0 saturated carbocycles. The molecule has 0 saturated heterocycles. The Morgan fingerprint density at radius 3 is 2.90 bits per heavy atom. The zero-order chi connectivity index (χ0) is 14.3. The summed E-state index contributed by atoms with van der Waals surface area (Å²) in [4.78, 5) is 23.1. The Balaban J connectivity index is 2.04. The Labute approximate surface area is 116 Å². The third-order valence-corrected chi connectivity index (χ3v) is 4.14. The van der Waals surface area contributed by atoms with Crippen molar-refractivity contribution in [3.05, 3.63) is 41.5 Å². The maximum absolute atomic E-state index is 11.7. The molecule has 1 heterocycles. The molecular weight excluding hydrogens is 256 g/mol. The van der Waals surface area contributed by atoms with Crippen molar-refractivity contribution in [1.29, 1.82) is 0 Å². The molecule has 0 aromatic heterocycles. The highest BCUT2D eigenvalue weighted by molar-refractivity contribution is 5.98. The van der Waals surface area contributed by atoms with E-state index in [9.17, 15) is 14.7 Å². The summed E-state index contributed by atoms with van der Waals surface area (Å²) in [5.74, 6) is -0.885.